The summed E-state index contributed by atoms with van der Waals surface area (Å²) in [5.41, 5.74) is 1.63. The molecule has 9 heteroatoms. The summed E-state index contributed by atoms with van der Waals surface area (Å²) in [5.74, 6) is 0. The van der Waals surface area contributed by atoms with Crippen LogP contribution in [0.5, 0.6) is 0 Å². The van der Waals surface area contributed by atoms with E-state index in [1.165, 1.54) is 11.3 Å². The highest BCUT2D eigenvalue weighted by atomic mass is 35.5. The van der Waals surface area contributed by atoms with Crippen LogP contribution in [0.3, 0.4) is 0 Å². The molecule has 2 heterocycles. The van der Waals surface area contributed by atoms with Gasteiger partial charge in [0.15, 0.2) is 15.0 Å². The molecule has 1 aliphatic heterocycles. The summed E-state index contributed by atoms with van der Waals surface area (Å²) in [5, 5.41) is 2.87. The number of anilines is 1. The molecule has 2 atom stereocenters. The van der Waals surface area contributed by atoms with E-state index >= 15 is 0 Å². The van der Waals surface area contributed by atoms with Crippen molar-refractivity contribution in [3.8, 4) is 11.3 Å². The Hall–Kier alpha value is -1.05. The van der Waals surface area contributed by atoms with Crippen LogP contribution in [-0.2, 0) is 9.84 Å². The van der Waals surface area contributed by atoms with Crippen molar-refractivity contribution < 1.29 is 8.42 Å². The summed E-state index contributed by atoms with van der Waals surface area (Å²) in [6.07, 6.45) is 8.14. The molecule has 0 N–H and O–H groups in total. The second-order valence-corrected chi connectivity index (χ2v) is 12.6. The van der Waals surface area contributed by atoms with Crippen molar-refractivity contribution >= 4 is 61.1 Å². The molecule has 0 amide bonds. The van der Waals surface area contributed by atoms with Crippen LogP contribution in [0.1, 0.15) is 19.8 Å². The number of alkyl halides is 1. The summed E-state index contributed by atoms with van der Waals surface area (Å²) < 4.78 is 26.5. The van der Waals surface area contributed by atoms with Crippen LogP contribution in [0.4, 0.5) is 5.13 Å². The van der Waals surface area contributed by atoms with Crippen LogP contribution < -0.4 is 4.90 Å². The SMILES string of the molecule is CC1(Cl)C=CC=CC1S(=O)(=O)C1CCN(c2nc(-c3ccc(Cl)cc3Cl)cs2)CC1. The molecule has 0 bridgehead atoms. The molecular weight excluding hydrogens is 483 g/mol. The Morgan fingerprint density at radius 2 is 1.93 bits per heavy atom. The van der Waals surface area contributed by atoms with Crippen molar-refractivity contribution in [2.24, 2.45) is 0 Å². The lowest BCUT2D eigenvalue weighted by Crippen LogP contribution is -2.47. The van der Waals surface area contributed by atoms with Gasteiger partial charge in [0.2, 0.25) is 0 Å². The number of hydrogen-bond donors (Lipinski definition) is 0. The normalized spacial score (nSPS) is 25.1. The lowest BCUT2D eigenvalue weighted by molar-refractivity contribution is 0.518. The maximum absolute atomic E-state index is 13.2. The maximum Gasteiger partial charge on any atom is 0.185 e. The van der Waals surface area contributed by atoms with Crippen molar-refractivity contribution in [3.63, 3.8) is 0 Å². The zero-order valence-electron chi connectivity index (χ0n) is 16.3. The molecule has 160 valence electrons. The Labute approximate surface area is 196 Å². The highest BCUT2D eigenvalue weighted by molar-refractivity contribution is 7.93. The molecule has 1 aromatic heterocycles. The first-order chi connectivity index (χ1) is 14.2. The smallest absolute Gasteiger partial charge is 0.185 e. The number of aromatic nitrogens is 1. The van der Waals surface area contributed by atoms with E-state index in [0.717, 1.165) is 16.4 Å². The first kappa shape index (κ1) is 22.2. The van der Waals surface area contributed by atoms with Crippen molar-refractivity contribution in [3.05, 3.63) is 57.9 Å². The summed E-state index contributed by atoms with van der Waals surface area (Å²) in [6.45, 7) is 3.03. The first-order valence-electron chi connectivity index (χ1n) is 9.62. The minimum Gasteiger partial charge on any atom is -0.348 e. The summed E-state index contributed by atoms with van der Waals surface area (Å²) in [4.78, 5) is 5.95. The number of benzene rings is 1. The van der Waals surface area contributed by atoms with Crippen LogP contribution in [0, 0.1) is 0 Å². The average molecular weight is 504 g/mol. The molecular formula is C21H21Cl3N2O2S2. The van der Waals surface area contributed by atoms with E-state index in [1.54, 1.807) is 43.4 Å². The zero-order chi connectivity index (χ0) is 21.5. The van der Waals surface area contributed by atoms with Gasteiger partial charge in [-0.05, 0) is 38.0 Å². The van der Waals surface area contributed by atoms with Crippen molar-refractivity contribution in [2.75, 3.05) is 18.0 Å². The molecule has 1 aliphatic carbocycles. The number of nitrogens with zero attached hydrogens (tertiary/aromatic N) is 2. The van der Waals surface area contributed by atoms with E-state index in [9.17, 15) is 8.42 Å². The standard InChI is InChI=1S/C21H21Cl3N2O2S2/c1-21(24)9-3-2-4-19(21)30(27,28)15-7-10-26(11-8-15)20-25-18(13-29-20)16-6-5-14(22)12-17(16)23/h2-6,9,12-13,15,19H,7-8,10-11H2,1H3. The van der Waals surface area contributed by atoms with Gasteiger partial charge in [0.1, 0.15) is 5.25 Å². The van der Waals surface area contributed by atoms with E-state index in [2.05, 4.69) is 4.90 Å². The minimum absolute atomic E-state index is 0.405. The largest absolute Gasteiger partial charge is 0.348 e. The number of allylic oxidation sites excluding steroid dienone is 3. The number of thiazole rings is 1. The highest BCUT2D eigenvalue weighted by Gasteiger charge is 2.44. The average Bonchev–Trinajstić information content (AvgIpc) is 3.17. The Morgan fingerprint density at radius 3 is 2.60 bits per heavy atom. The van der Waals surface area contributed by atoms with Gasteiger partial charge in [-0.2, -0.15) is 0 Å². The van der Waals surface area contributed by atoms with E-state index < -0.39 is 25.2 Å². The molecule has 30 heavy (non-hydrogen) atoms. The third kappa shape index (κ3) is 4.30. The molecule has 1 saturated heterocycles. The second kappa shape index (κ2) is 8.47. The maximum atomic E-state index is 13.2. The van der Waals surface area contributed by atoms with E-state index in [-0.39, 0.29) is 0 Å². The fourth-order valence-electron chi connectivity index (χ4n) is 3.94. The Balaban J connectivity index is 1.46. The number of piperidine rings is 1. The lowest BCUT2D eigenvalue weighted by atomic mass is 10.0. The van der Waals surface area contributed by atoms with Gasteiger partial charge in [0.05, 0.1) is 20.8 Å². The summed E-state index contributed by atoms with van der Waals surface area (Å²) in [6, 6.07) is 5.35. The first-order valence-corrected chi connectivity index (χ1v) is 13.2. The molecule has 2 unspecified atom stereocenters. The quantitative estimate of drug-likeness (QED) is 0.481. The molecule has 0 saturated carbocycles. The van der Waals surface area contributed by atoms with Crippen molar-refractivity contribution in [2.45, 2.75) is 35.1 Å². The second-order valence-electron chi connectivity index (χ2n) is 7.73. The number of rotatable bonds is 4. The van der Waals surface area contributed by atoms with Crippen LogP contribution in [-0.4, -0.2) is 41.9 Å². The van der Waals surface area contributed by atoms with Crippen LogP contribution in [0.25, 0.3) is 11.3 Å². The van der Waals surface area contributed by atoms with Crippen LogP contribution in [0.2, 0.25) is 10.0 Å². The van der Waals surface area contributed by atoms with Gasteiger partial charge < -0.3 is 4.90 Å². The van der Waals surface area contributed by atoms with Gasteiger partial charge in [-0.25, -0.2) is 13.4 Å². The van der Waals surface area contributed by atoms with Crippen molar-refractivity contribution in [1.29, 1.82) is 0 Å². The Morgan fingerprint density at radius 1 is 1.20 bits per heavy atom. The van der Waals surface area contributed by atoms with Gasteiger partial charge in [-0.1, -0.05) is 47.5 Å². The number of sulfone groups is 1. The van der Waals surface area contributed by atoms with Gasteiger partial charge >= 0.3 is 0 Å². The third-order valence-electron chi connectivity index (χ3n) is 5.61. The fraction of sp³-hybridized carbons (Fsp3) is 0.381. The highest BCUT2D eigenvalue weighted by Crippen LogP contribution is 2.37. The third-order valence-corrected chi connectivity index (χ3v) is 10.3. The van der Waals surface area contributed by atoms with Gasteiger partial charge in [-0.15, -0.1) is 22.9 Å². The molecule has 2 aromatic rings. The fourth-order valence-corrected chi connectivity index (χ4v) is 8.15. The van der Waals surface area contributed by atoms with Gasteiger partial charge in [-0.3, -0.25) is 0 Å². The monoisotopic (exact) mass is 502 g/mol. The predicted octanol–water partition coefficient (Wildman–Crippen LogP) is 5.99. The zero-order valence-corrected chi connectivity index (χ0v) is 20.2. The van der Waals surface area contributed by atoms with Gasteiger partial charge in [0.25, 0.3) is 0 Å². The van der Waals surface area contributed by atoms with E-state index in [1.807, 2.05) is 11.4 Å². The predicted molar refractivity (Wildman–Crippen MR) is 128 cm³/mol. The molecule has 1 aromatic carbocycles. The molecule has 0 spiro atoms. The molecule has 1 fully saturated rings. The molecule has 2 aliphatic rings. The van der Waals surface area contributed by atoms with E-state index in [0.29, 0.717) is 36.0 Å². The van der Waals surface area contributed by atoms with Crippen LogP contribution in [0.15, 0.2) is 47.9 Å². The molecule has 0 radical (unpaired) electrons. The number of halogens is 3. The molecule has 4 rings (SSSR count). The Kier molecular flexibility index (Phi) is 6.26. The summed E-state index contributed by atoms with van der Waals surface area (Å²) >= 11 is 20.3. The number of hydrogen-bond acceptors (Lipinski definition) is 5. The van der Waals surface area contributed by atoms with Gasteiger partial charge in [0, 0.05) is 29.1 Å². The Bertz CT molecular complexity index is 1100. The minimum atomic E-state index is -3.39. The van der Waals surface area contributed by atoms with Crippen LogP contribution >= 0.6 is 46.1 Å². The summed E-state index contributed by atoms with van der Waals surface area (Å²) in [7, 11) is -3.39. The lowest BCUT2D eigenvalue weighted by Gasteiger charge is -2.36. The molecule has 4 nitrogen and oxygen atoms in total. The van der Waals surface area contributed by atoms with Crippen molar-refractivity contribution in [1.82, 2.24) is 4.98 Å². The van der Waals surface area contributed by atoms with E-state index in [4.69, 9.17) is 39.8 Å². The topological polar surface area (TPSA) is 50.3 Å².